The summed E-state index contributed by atoms with van der Waals surface area (Å²) in [7, 11) is 0. The van der Waals surface area contributed by atoms with Gasteiger partial charge in [-0.3, -0.25) is 9.59 Å². The molecule has 36 heavy (non-hydrogen) atoms. The average Bonchev–Trinajstić information content (AvgIpc) is 2.80. The lowest BCUT2D eigenvalue weighted by molar-refractivity contribution is -0.141. The van der Waals surface area contributed by atoms with E-state index in [0.717, 1.165) is 0 Å². The number of esters is 1. The summed E-state index contributed by atoms with van der Waals surface area (Å²) in [4.78, 5) is 26.3. The molecule has 2 rings (SSSR count). The molecule has 0 heterocycles. The highest BCUT2D eigenvalue weighted by Crippen LogP contribution is 2.28. The second kappa shape index (κ2) is 12.7. The Hall–Kier alpha value is -3.93. The van der Waals surface area contributed by atoms with Crippen molar-refractivity contribution in [3.63, 3.8) is 0 Å². The number of halogens is 1. The lowest BCUT2D eigenvalue weighted by Gasteiger charge is -2.28. The van der Waals surface area contributed by atoms with Crippen molar-refractivity contribution in [3.05, 3.63) is 53.8 Å². The minimum atomic E-state index is -0.852. The fourth-order valence-electron chi connectivity index (χ4n) is 3.24. The highest BCUT2D eigenvalue weighted by molar-refractivity contribution is 6.09. The van der Waals surface area contributed by atoms with Crippen molar-refractivity contribution in [1.29, 1.82) is 10.7 Å². The predicted octanol–water partition coefficient (Wildman–Crippen LogP) is 4.79. The Bertz CT molecular complexity index is 1120. The summed E-state index contributed by atoms with van der Waals surface area (Å²) in [6.45, 7) is 9.34. The van der Waals surface area contributed by atoms with Crippen molar-refractivity contribution < 1.29 is 23.5 Å². The highest BCUT2D eigenvalue weighted by atomic mass is 19.1. The fourth-order valence-corrected chi connectivity index (χ4v) is 3.24. The smallest absolute Gasteiger partial charge is 0.302 e. The predicted molar refractivity (Wildman–Crippen MR) is 137 cm³/mol. The first-order valence-corrected chi connectivity index (χ1v) is 11.6. The van der Waals surface area contributed by atoms with Crippen LogP contribution >= 0.6 is 0 Å². The van der Waals surface area contributed by atoms with Crippen LogP contribution in [0, 0.1) is 33.9 Å². The lowest BCUT2D eigenvalue weighted by atomic mass is 9.98. The van der Waals surface area contributed by atoms with Crippen LogP contribution in [-0.2, 0) is 14.3 Å². The van der Waals surface area contributed by atoms with Crippen molar-refractivity contribution in [3.8, 4) is 11.8 Å². The molecule has 1 amide bonds. The van der Waals surface area contributed by atoms with E-state index in [0.29, 0.717) is 23.7 Å². The summed E-state index contributed by atoms with van der Waals surface area (Å²) in [5, 5.41) is 21.0. The number of amides is 1. The van der Waals surface area contributed by atoms with Crippen LogP contribution in [0.4, 0.5) is 15.8 Å². The third kappa shape index (κ3) is 8.69. The Balaban J connectivity index is 2.32. The van der Waals surface area contributed by atoms with Crippen molar-refractivity contribution in [2.75, 3.05) is 36.5 Å². The Morgan fingerprint density at radius 3 is 2.39 bits per heavy atom. The van der Waals surface area contributed by atoms with E-state index in [-0.39, 0.29) is 42.2 Å². The van der Waals surface area contributed by atoms with Crippen molar-refractivity contribution in [1.82, 2.24) is 0 Å². The number of hydrogen-bond acceptors (Lipinski definition) is 7. The van der Waals surface area contributed by atoms with Crippen LogP contribution in [0.5, 0.6) is 5.75 Å². The Morgan fingerprint density at radius 1 is 1.17 bits per heavy atom. The molecule has 192 valence electrons. The maximum absolute atomic E-state index is 13.6. The van der Waals surface area contributed by atoms with Crippen LogP contribution in [0.15, 0.2) is 42.5 Å². The van der Waals surface area contributed by atoms with Gasteiger partial charge in [0.1, 0.15) is 24.2 Å². The van der Waals surface area contributed by atoms with Gasteiger partial charge in [0.25, 0.3) is 0 Å². The van der Waals surface area contributed by atoms with Gasteiger partial charge in [0.2, 0.25) is 5.91 Å². The van der Waals surface area contributed by atoms with Crippen molar-refractivity contribution >= 4 is 29.0 Å². The van der Waals surface area contributed by atoms with Crippen LogP contribution in [-0.4, -0.2) is 43.9 Å². The summed E-state index contributed by atoms with van der Waals surface area (Å²) in [6, 6.07) is 12.6. The van der Waals surface area contributed by atoms with E-state index in [4.69, 9.17) is 14.9 Å². The number of anilines is 2. The molecule has 9 heteroatoms. The van der Waals surface area contributed by atoms with Gasteiger partial charge in [-0.25, -0.2) is 4.39 Å². The van der Waals surface area contributed by atoms with Crippen molar-refractivity contribution in [2.24, 2.45) is 11.3 Å². The van der Waals surface area contributed by atoms with Gasteiger partial charge in [0, 0.05) is 30.6 Å². The minimum absolute atomic E-state index is 0.0335. The lowest BCUT2D eigenvalue weighted by Crippen LogP contribution is -2.43. The van der Waals surface area contributed by atoms with Gasteiger partial charge in [-0.15, -0.1) is 0 Å². The number of carbonyl (C=O) groups excluding carboxylic acids is 2. The van der Waals surface area contributed by atoms with Gasteiger partial charge < -0.3 is 25.1 Å². The molecule has 8 nitrogen and oxygen atoms in total. The maximum Gasteiger partial charge on any atom is 0.302 e. The SMILES string of the molecule is CC(=N)C(CNc1ccc(F)cc1)C(=O)N(CCOC(C)=O)c1ccc(OCC(C)(C)C)c(C#N)c1. The number of benzene rings is 2. The number of rotatable bonds is 11. The largest absolute Gasteiger partial charge is 0.492 e. The van der Waals surface area contributed by atoms with Gasteiger partial charge >= 0.3 is 5.97 Å². The summed E-state index contributed by atoms with van der Waals surface area (Å²) in [5.41, 5.74) is 1.30. The van der Waals surface area contributed by atoms with E-state index in [1.807, 2.05) is 20.8 Å². The maximum atomic E-state index is 13.6. The molecule has 1 unspecified atom stereocenters. The third-order valence-electron chi connectivity index (χ3n) is 5.12. The molecular formula is C27H33FN4O4. The van der Waals surface area contributed by atoms with E-state index < -0.39 is 17.8 Å². The molecule has 0 aliphatic carbocycles. The van der Waals surface area contributed by atoms with E-state index in [2.05, 4.69) is 11.4 Å². The molecule has 0 radical (unpaired) electrons. The Labute approximate surface area is 211 Å². The molecule has 0 saturated heterocycles. The average molecular weight is 497 g/mol. The number of nitrogens with one attached hydrogen (secondary N) is 2. The van der Waals surface area contributed by atoms with Gasteiger partial charge in [0.05, 0.1) is 24.6 Å². The molecule has 0 saturated carbocycles. The van der Waals surface area contributed by atoms with E-state index >= 15 is 0 Å². The minimum Gasteiger partial charge on any atom is -0.492 e. The van der Waals surface area contributed by atoms with E-state index in [1.54, 1.807) is 30.3 Å². The molecule has 2 aromatic rings. The Morgan fingerprint density at radius 2 is 1.83 bits per heavy atom. The number of nitriles is 1. The number of ether oxygens (including phenoxy) is 2. The summed E-state index contributed by atoms with van der Waals surface area (Å²) < 4.78 is 24.1. The van der Waals surface area contributed by atoms with Crippen molar-refractivity contribution in [2.45, 2.75) is 34.6 Å². The molecule has 0 aliphatic heterocycles. The zero-order chi connectivity index (χ0) is 26.9. The van der Waals surface area contributed by atoms with Crippen LogP contribution < -0.4 is 15.0 Å². The van der Waals surface area contributed by atoms with Crippen LogP contribution in [0.1, 0.15) is 40.2 Å². The first kappa shape index (κ1) is 28.3. The second-order valence-corrected chi connectivity index (χ2v) is 9.59. The quantitative estimate of drug-likeness (QED) is 0.341. The molecule has 2 aromatic carbocycles. The third-order valence-corrected chi connectivity index (χ3v) is 5.12. The molecule has 0 fully saturated rings. The van der Waals surface area contributed by atoms with Crippen LogP contribution in [0.3, 0.4) is 0 Å². The van der Waals surface area contributed by atoms with Crippen LogP contribution in [0.2, 0.25) is 0 Å². The number of nitrogens with zero attached hydrogens (tertiary/aromatic N) is 2. The van der Waals surface area contributed by atoms with Gasteiger partial charge in [0.15, 0.2) is 0 Å². The van der Waals surface area contributed by atoms with Gasteiger partial charge in [-0.1, -0.05) is 20.8 Å². The number of carbonyl (C=O) groups is 2. The van der Waals surface area contributed by atoms with Gasteiger partial charge in [-0.05, 0) is 54.8 Å². The monoisotopic (exact) mass is 496 g/mol. The molecule has 0 bridgehead atoms. The van der Waals surface area contributed by atoms with Gasteiger partial charge in [-0.2, -0.15) is 5.26 Å². The molecule has 0 aromatic heterocycles. The normalized spacial score (nSPS) is 11.7. The Kier molecular flexibility index (Phi) is 9.97. The number of hydrogen-bond donors (Lipinski definition) is 2. The first-order chi connectivity index (χ1) is 16.9. The summed E-state index contributed by atoms with van der Waals surface area (Å²) in [5.74, 6) is -1.72. The molecule has 0 spiro atoms. The fraction of sp³-hybridized carbons (Fsp3) is 0.407. The standard InChI is InChI=1S/C27H33FN4O4/c1-18(30)24(16-31-22-8-6-21(28)7-9-22)26(34)32(12-13-35-19(2)33)23-10-11-25(20(14-23)15-29)36-17-27(3,4)5/h6-11,14,24,30-31H,12-13,16-17H2,1-5H3. The zero-order valence-electron chi connectivity index (χ0n) is 21.4. The molecule has 1 atom stereocenters. The topological polar surface area (TPSA) is 116 Å². The summed E-state index contributed by atoms with van der Waals surface area (Å²) in [6.07, 6.45) is 0. The first-order valence-electron chi connectivity index (χ1n) is 11.6. The zero-order valence-corrected chi connectivity index (χ0v) is 21.4. The highest BCUT2D eigenvalue weighted by Gasteiger charge is 2.28. The van der Waals surface area contributed by atoms with E-state index in [9.17, 15) is 19.2 Å². The molecular weight excluding hydrogens is 463 g/mol. The molecule has 0 aliphatic rings. The van der Waals surface area contributed by atoms with Crippen LogP contribution in [0.25, 0.3) is 0 Å². The van der Waals surface area contributed by atoms with E-state index in [1.165, 1.54) is 30.9 Å². The molecule has 2 N–H and O–H groups in total. The second-order valence-electron chi connectivity index (χ2n) is 9.59. The summed E-state index contributed by atoms with van der Waals surface area (Å²) >= 11 is 0.